The number of rotatable bonds is 5. The molecule has 2 N–H and O–H groups in total. The van der Waals surface area contributed by atoms with Crippen LogP contribution in [0, 0.1) is 5.82 Å². The van der Waals surface area contributed by atoms with Crippen molar-refractivity contribution in [3.63, 3.8) is 0 Å². The Labute approximate surface area is 137 Å². The second kappa shape index (κ2) is 8.33. The first-order chi connectivity index (χ1) is 9.57. The molecule has 21 heavy (non-hydrogen) atoms. The highest BCUT2D eigenvalue weighted by Gasteiger charge is 2.38. The van der Waals surface area contributed by atoms with E-state index in [1.54, 1.807) is 6.07 Å². The van der Waals surface area contributed by atoms with Crippen molar-refractivity contribution in [1.29, 1.82) is 0 Å². The van der Waals surface area contributed by atoms with Gasteiger partial charge in [0.15, 0.2) is 0 Å². The van der Waals surface area contributed by atoms with Crippen LogP contribution in [0.25, 0.3) is 0 Å². The highest BCUT2D eigenvalue weighted by molar-refractivity contribution is 6.31. The van der Waals surface area contributed by atoms with E-state index in [-0.39, 0.29) is 24.3 Å². The summed E-state index contributed by atoms with van der Waals surface area (Å²) in [7, 11) is 0. The first kappa shape index (κ1) is 18.7. The van der Waals surface area contributed by atoms with Gasteiger partial charge in [0.05, 0.1) is 5.60 Å². The molecule has 0 aliphatic heterocycles. The lowest BCUT2D eigenvalue weighted by Crippen LogP contribution is -2.39. The van der Waals surface area contributed by atoms with Crippen molar-refractivity contribution >= 4 is 24.0 Å². The molecular formula is C16H24Cl2FNO. The fourth-order valence-corrected chi connectivity index (χ4v) is 3.15. The molecule has 1 fully saturated rings. The Kier molecular flexibility index (Phi) is 7.41. The normalized spacial score (nSPS) is 25.4. The van der Waals surface area contributed by atoms with E-state index in [1.807, 2.05) is 0 Å². The van der Waals surface area contributed by atoms with Crippen LogP contribution in [0.15, 0.2) is 18.2 Å². The van der Waals surface area contributed by atoms with E-state index < -0.39 is 5.60 Å². The number of hydrogen-bond donors (Lipinski definition) is 1. The lowest BCUT2D eigenvalue weighted by molar-refractivity contribution is -0.0795. The van der Waals surface area contributed by atoms with Crippen molar-refractivity contribution in [3.05, 3.63) is 34.6 Å². The summed E-state index contributed by atoms with van der Waals surface area (Å²) in [6, 6.07) is 4.74. The van der Waals surface area contributed by atoms with Crippen molar-refractivity contribution in [1.82, 2.24) is 0 Å². The maximum absolute atomic E-state index is 13.6. The molecule has 1 aliphatic rings. The van der Waals surface area contributed by atoms with Crippen molar-refractivity contribution in [2.24, 2.45) is 5.73 Å². The van der Waals surface area contributed by atoms with E-state index in [2.05, 4.69) is 6.92 Å². The minimum atomic E-state index is -0.468. The van der Waals surface area contributed by atoms with E-state index in [9.17, 15) is 4.39 Å². The number of hydrogen-bond acceptors (Lipinski definition) is 2. The molecule has 0 radical (unpaired) electrons. The first-order valence-electron chi connectivity index (χ1n) is 7.42. The SMILES string of the molecule is CCCCO[C@]1(c2cc(F)ccc2Cl)CC[C@@H](N)CC1.Cl. The third-order valence-corrected chi connectivity index (χ3v) is 4.46. The molecule has 1 aromatic rings. The Balaban J connectivity index is 0.00000220. The Hall–Kier alpha value is -0.350. The predicted octanol–water partition coefficient (Wildman–Crippen LogP) is 4.81. The van der Waals surface area contributed by atoms with E-state index >= 15 is 0 Å². The first-order valence-corrected chi connectivity index (χ1v) is 7.80. The summed E-state index contributed by atoms with van der Waals surface area (Å²) < 4.78 is 19.8. The van der Waals surface area contributed by atoms with Gasteiger partial charge in [0.1, 0.15) is 5.82 Å². The third-order valence-electron chi connectivity index (χ3n) is 4.13. The molecule has 0 bridgehead atoms. The topological polar surface area (TPSA) is 35.2 Å². The standard InChI is InChI=1S/C16H23ClFNO.ClH/c1-2-3-10-20-16(8-6-13(19)7-9-16)14-11-12(18)4-5-15(14)17;/h4-5,11,13H,2-3,6-10,19H2,1H3;1H/t13-,16-;. The number of nitrogens with two attached hydrogens (primary N) is 1. The summed E-state index contributed by atoms with van der Waals surface area (Å²) in [5.74, 6) is -0.266. The highest BCUT2D eigenvalue weighted by Crippen LogP contribution is 2.43. The Morgan fingerprint density at radius 3 is 2.67 bits per heavy atom. The molecule has 2 rings (SSSR count). The van der Waals surface area contributed by atoms with Crippen LogP contribution in [0.5, 0.6) is 0 Å². The Bertz CT molecular complexity index is 448. The predicted molar refractivity (Wildman–Crippen MR) is 87.6 cm³/mol. The van der Waals surface area contributed by atoms with Crippen LogP contribution in [0.2, 0.25) is 5.02 Å². The summed E-state index contributed by atoms with van der Waals surface area (Å²) in [5, 5.41) is 0.582. The number of ether oxygens (including phenoxy) is 1. The van der Waals surface area contributed by atoms with Gasteiger partial charge in [0.2, 0.25) is 0 Å². The van der Waals surface area contributed by atoms with Gasteiger partial charge in [-0.1, -0.05) is 24.9 Å². The van der Waals surface area contributed by atoms with Gasteiger partial charge in [-0.05, 0) is 50.3 Å². The molecular weight excluding hydrogens is 312 g/mol. The van der Waals surface area contributed by atoms with Gasteiger partial charge >= 0.3 is 0 Å². The molecule has 0 atom stereocenters. The van der Waals surface area contributed by atoms with Crippen LogP contribution in [0.4, 0.5) is 4.39 Å². The van der Waals surface area contributed by atoms with Gasteiger partial charge in [-0.3, -0.25) is 0 Å². The Morgan fingerprint density at radius 2 is 2.05 bits per heavy atom. The zero-order chi connectivity index (χ0) is 14.6. The van der Waals surface area contributed by atoms with E-state index in [0.717, 1.165) is 44.1 Å². The van der Waals surface area contributed by atoms with Gasteiger partial charge in [-0.2, -0.15) is 0 Å². The molecule has 0 spiro atoms. The lowest BCUT2D eigenvalue weighted by atomic mass is 9.77. The zero-order valence-electron chi connectivity index (χ0n) is 12.4. The fraction of sp³-hybridized carbons (Fsp3) is 0.625. The van der Waals surface area contributed by atoms with Crippen LogP contribution in [-0.2, 0) is 10.3 Å². The Morgan fingerprint density at radius 1 is 1.38 bits per heavy atom. The maximum Gasteiger partial charge on any atom is 0.123 e. The van der Waals surface area contributed by atoms with Crippen LogP contribution < -0.4 is 5.73 Å². The second-order valence-corrected chi connectivity index (χ2v) is 6.07. The van der Waals surface area contributed by atoms with Gasteiger partial charge in [-0.15, -0.1) is 12.4 Å². The number of unbranched alkanes of at least 4 members (excludes halogenated alkanes) is 1. The van der Waals surface area contributed by atoms with Crippen LogP contribution in [0.1, 0.15) is 51.0 Å². The van der Waals surface area contributed by atoms with Crippen molar-refractivity contribution < 1.29 is 9.13 Å². The fourth-order valence-electron chi connectivity index (χ4n) is 2.86. The molecule has 1 saturated carbocycles. The molecule has 120 valence electrons. The molecule has 0 amide bonds. The van der Waals surface area contributed by atoms with Crippen molar-refractivity contribution in [3.8, 4) is 0 Å². The van der Waals surface area contributed by atoms with E-state index in [0.29, 0.717) is 11.6 Å². The van der Waals surface area contributed by atoms with Gasteiger partial charge < -0.3 is 10.5 Å². The quantitative estimate of drug-likeness (QED) is 0.783. The molecule has 2 nitrogen and oxygen atoms in total. The van der Waals surface area contributed by atoms with Crippen LogP contribution in [-0.4, -0.2) is 12.6 Å². The third kappa shape index (κ3) is 4.56. The molecule has 5 heteroatoms. The summed E-state index contributed by atoms with van der Waals surface area (Å²) in [6.07, 6.45) is 5.47. The van der Waals surface area contributed by atoms with Crippen LogP contribution in [0.3, 0.4) is 0 Å². The molecule has 1 aliphatic carbocycles. The second-order valence-electron chi connectivity index (χ2n) is 5.66. The van der Waals surface area contributed by atoms with E-state index in [4.69, 9.17) is 22.1 Å². The molecule has 0 unspecified atom stereocenters. The zero-order valence-corrected chi connectivity index (χ0v) is 14.0. The summed E-state index contributed by atoms with van der Waals surface area (Å²) in [6.45, 7) is 2.81. The molecule has 0 saturated heterocycles. The van der Waals surface area contributed by atoms with Crippen LogP contribution >= 0.6 is 24.0 Å². The largest absolute Gasteiger partial charge is 0.370 e. The van der Waals surface area contributed by atoms with E-state index in [1.165, 1.54) is 12.1 Å². The summed E-state index contributed by atoms with van der Waals surface area (Å²) in [5.41, 5.74) is 6.31. The number of benzene rings is 1. The minimum absolute atomic E-state index is 0. The highest BCUT2D eigenvalue weighted by atomic mass is 35.5. The maximum atomic E-state index is 13.6. The minimum Gasteiger partial charge on any atom is -0.370 e. The summed E-state index contributed by atoms with van der Waals surface area (Å²) in [4.78, 5) is 0. The smallest absolute Gasteiger partial charge is 0.123 e. The van der Waals surface area contributed by atoms with Gasteiger partial charge in [-0.25, -0.2) is 4.39 Å². The average Bonchev–Trinajstić information content (AvgIpc) is 2.44. The monoisotopic (exact) mass is 335 g/mol. The number of halogens is 3. The average molecular weight is 336 g/mol. The molecule has 0 heterocycles. The van der Waals surface area contributed by atoms with Crippen molar-refractivity contribution in [2.45, 2.75) is 57.1 Å². The molecule has 0 aromatic heterocycles. The van der Waals surface area contributed by atoms with Gasteiger partial charge in [0, 0.05) is 23.2 Å². The van der Waals surface area contributed by atoms with Crippen molar-refractivity contribution in [2.75, 3.05) is 6.61 Å². The lowest BCUT2D eigenvalue weighted by Gasteiger charge is -2.40. The summed E-state index contributed by atoms with van der Waals surface area (Å²) >= 11 is 6.29. The molecule has 1 aromatic carbocycles. The van der Waals surface area contributed by atoms with Gasteiger partial charge in [0.25, 0.3) is 0 Å².